The average molecular weight is 377 g/mol. The minimum absolute atomic E-state index is 0.0144. The van der Waals surface area contributed by atoms with Crippen LogP contribution < -0.4 is 10.1 Å². The molecule has 3 aromatic rings. The third kappa shape index (κ3) is 3.62. The molecule has 2 aromatic carbocycles. The molecule has 5 heteroatoms. The summed E-state index contributed by atoms with van der Waals surface area (Å²) in [6.45, 7) is 1.56. The topological polar surface area (TPSA) is 57.4 Å². The van der Waals surface area contributed by atoms with E-state index in [1.165, 1.54) is 10.9 Å². The number of amides is 1. The largest absolute Gasteiger partial charge is 0.497 e. The minimum Gasteiger partial charge on any atom is -0.497 e. The molecule has 2 atom stereocenters. The summed E-state index contributed by atoms with van der Waals surface area (Å²) in [6, 6.07) is 16.4. The lowest BCUT2D eigenvalue weighted by molar-refractivity contribution is -0.125. The van der Waals surface area contributed by atoms with Crippen LogP contribution in [0.4, 0.5) is 0 Å². The van der Waals surface area contributed by atoms with Crippen molar-refractivity contribution in [2.75, 3.05) is 27.2 Å². The molecule has 1 amide bonds. The number of benzene rings is 2. The summed E-state index contributed by atoms with van der Waals surface area (Å²) >= 11 is 0. The van der Waals surface area contributed by atoms with E-state index in [0.29, 0.717) is 6.54 Å². The van der Waals surface area contributed by atoms with E-state index >= 15 is 0 Å². The first-order chi connectivity index (χ1) is 13.7. The van der Waals surface area contributed by atoms with Crippen molar-refractivity contribution in [2.45, 2.75) is 24.8 Å². The van der Waals surface area contributed by atoms with Gasteiger partial charge >= 0.3 is 0 Å². The number of H-pyrrole nitrogens is 1. The quantitative estimate of drug-likeness (QED) is 0.691. The van der Waals surface area contributed by atoms with Crippen molar-refractivity contribution in [3.8, 4) is 5.75 Å². The van der Waals surface area contributed by atoms with Crippen molar-refractivity contribution in [1.82, 2.24) is 15.2 Å². The van der Waals surface area contributed by atoms with Crippen molar-refractivity contribution in [1.29, 1.82) is 0 Å². The number of aromatic amines is 1. The number of carbonyl (C=O) groups excluding carboxylic acids is 1. The van der Waals surface area contributed by atoms with E-state index in [1.807, 2.05) is 25.2 Å². The number of fused-ring (bicyclic) bond motifs is 1. The van der Waals surface area contributed by atoms with Crippen LogP contribution >= 0.6 is 0 Å². The zero-order valence-electron chi connectivity index (χ0n) is 16.4. The smallest absolute Gasteiger partial charge is 0.237 e. The molecule has 146 valence electrons. The zero-order chi connectivity index (χ0) is 19.5. The molecule has 0 radical (unpaired) electrons. The van der Waals surface area contributed by atoms with E-state index in [1.54, 1.807) is 7.11 Å². The van der Waals surface area contributed by atoms with Crippen LogP contribution in [0.25, 0.3) is 10.9 Å². The molecule has 2 N–H and O–H groups in total. The Hall–Kier alpha value is -2.79. The number of para-hydroxylation sites is 1. The normalized spacial score (nSPS) is 18.3. The molecule has 1 aromatic heterocycles. The Kier molecular flexibility index (Phi) is 5.35. The van der Waals surface area contributed by atoms with Gasteiger partial charge in [-0.3, -0.25) is 9.69 Å². The lowest BCUT2D eigenvalue weighted by Crippen LogP contribution is -2.42. The van der Waals surface area contributed by atoms with Gasteiger partial charge in [-0.2, -0.15) is 0 Å². The average Bonchev–Trinajstić information content (AvgIpc) is 3.35. The molecular formula is C23H27N3O2. The van der Waals surface area contributed by atoms with Gasteiger partial charge in [-0.1, -0.05) is 30.3 Å². The lowest BCUT2D eigenvalue weighted by atomic mass is 9.90. The van der Waals surface area contributed by atoms with Crippen LogP contribution in [0.15, 0.2) is 54.7 Å². The number of ether oxygens (including phenoxy) is 1. The summed E-state index contributed by atoms with van der Waals surface area (Å²) in [6.07, 6.45) is 4.08. The van der Waals surface area contributed by atoms with Crippen molar-refractivity contribution >= 4 is 16.8 Å². The predicted molar refractivity (Wildman–Crippen MR) is 112 cm³/mol. The second-order valence-electron chi connectivity index (χ2n) is 7.50. The second kappa shape index (κ2) is 8.07. The number of nitrogens with one attached hydrogen (secondary N) is 2. The number of nitrogens with zero attached hydrogens (tertiary/aromatic N) is 1. The number of likely N-dealkylation sites (N-methyl/N-ethyl adjacent to an activating group) is 1. The fourth-order valence-corrected chi connectivity index (χ4v) is 4.19. The van der Waals surface area contributed by atoms with Crippen LogP contribution in [0.5, 0.6) is 5.75 Å². The number of carbonyl (C=O) groups is 1. The van der Waals surface area contributed by atoms with E-state index in [-0.39, 0.29) is 17.9 Å². The highest BCUT2D eigenvalue weighted by Crippen LogP contribution is 2.31. The van der Waals surface area contributed by atoms with Crippen LogP contribution in [-0.4, -0.2) is 49.1 Å². The minimum atomic E-state index is -0.0144. The van der Waals surface area contributed by atoms with Crippen molar-refractivity contribution in [2.24, 2.45) is 0 Å². The zero-order valence-corrected chi connectivity index (χ0v) is 16.4. The molecule has 5 nitrogen and oxygen atoms in total. The SMILES string of the molecule is COc1ccc(C(CNC(=O)[C@H]2CCCN2C)c2c[nH]c3ccccc23)cc1. The molecular weight excluding hydrogens is 350 g/mol. The molecule has 2 heterocycles. The van der Waals surface area contributed by atoms with E-state index in [9.17, 15) is 4.79 Å². The van der Waals surface area contributed by atoms with E-state index in [0.717, 1.165) is 36.2 Å². The van der Waals surface area contributed by atoms with Gasteiger partial charge in [-0.25, -0.2) is 0 Å². The highest BCUT2D eigenvalue weighted by atomic mass is 16.5. The van der Waals surface area contributed by atoms with Gasteiger partial charge in [0.25, 0.3) is 0 Å². The first-order valence-electron chi connectivity index (χ1n) is 9.85. The monoisotopic (exact) mass is 377 g/mol. The number of aromatic nitrogens is 1. The highest BCUT2D eigenvalue weighted by molar-refractivity contribution is 5.85. The Morgan fingerprint density at radius 2 is 2.04 bits per heavy atom. The molecule has 0 saturated carbocycles. The van der Waals surface area contributed by atoms with Gasteiger partial charge in [0.05, 0.1) is 13.2 Å². The van der Waals surface area contributed by atoms with Gasteiger partial charge in [0.1, 0.15) is 5.75 Å². The third-order valence-electron chi connectivity index (χ3n) is 5.82. The maximum Gasteiger partial charge on any atom is 0.237 e. The second-order valence-corrected chi connectivity index (χ2v) is 7.50. The number of methoxy groups -OCH3 is 1. The van der Waals surface area contributed by atoms with Crippen LogP contribution in [0.2, 0.25) is 0 Å². The number of hydrogen-bond acceptors (Lipinski definition) is 3. The maximum atomic E-state index is 12.7. The van der Waals surface area contributed by atoms with Gasteiger partial charge < -0.3 is 15.0 Å². The Morgan fingerprint density at radius 3 is 2.75 bits per heavy atom. The number of rotatable bonds is 6. The van der Waals surface area contributed by atoms with E-state index in [2.05, 4.69) is 51.7 Å². The summed E-state index contributed by atoms with van der Waals surface area (Å²) in [5.41, 5.74) is 3.46. The van der Waals surface area contributed by atoms with Gasteiger partial charge in [0, 0.05) is 29.6 Å². The van der Waals surface area contributed by atoms with E-state index < -0.39 is 0 Å². The van der Waals surface area contributed by atoms with Gasteiger partial charge in [-0.05, 0) is 55.8 Å². The highest BCUT2D eigenvalue weighted by Gasteiger charge is 2.28. The Bertz CT molecular complexity index is 948. The van der Waals surface area contributed by atoms with Crippen LogP contribution in [0, 0.1) is 0 Å². The summed E-state index contributed by atoms with van der Waals surface area (Å²) in [5, 5.41) is 4.40. The maximum absolute atomic E-state index is 12.7. The third-order valence-corrected chi connectivity index (χ3v) is 5.82. The fraction of sp³-hybridized carbons (Fsp3) is 0.348. The Morgan fingerprint density at radius 1 is 1.25 bits per heavy atom. The molecule has 1 fully saturated rings. The molecule has 0 aliphatic carbocycles. The molecule has 1 aliphatic rings. The van der Waals surface area contributed by atoms with Crippen molar-refractivity contribution < 1.29 is 9.53 Å². The first kappa shape index (κ1) is 18.6. The molecule has 1 unspecified atom stereocenters. The molecule has 0 spiro atoms. The summed E-state index contributed by atoms with van der Waals surface area (Å²) in [5.74, 6) is 1.02. The molecule has 28 heavy (non-hydrogen) atoms. The van der Waals surface area contributed by atoms with Crippen molar-refractivity contribution in [3.05, 3.63) is 65.9 Å². The summed E-state index contributed by atoms with van der Waals surface area (Å²) in [7, 11) is 3.70. The van der Waals surface area contributed by atoms with Crippen LogP contribution in [0.3, 0.4) is 0 Å². The molecule has 0 bridgehead atoms. The summed E-state index contributed by atoms with van der Waals surface area (Å²) < 4.78 is 5.31. The van der Waals surface area contributed by atoms with Gasteiger partial charge in [0.2, 0.25) is 5.91 Å². The fourth-order valence-electron chi connectivity index (χ4n) is 4.19. The first-order valence-corrected chi connectivity index (χ1v) is 9.85. The lowest BCUT2D eigenvalue weighted by Gasteiger charge is -2.22. The van der Waals surface area contributed by atoms with Gasteiger partial charge in [-0.15, -0.1) is 0 Å². The molecule has 1 aliphatic heterocycles. The van der Waals surface area contributed by atoms with Crippen molar-refractivity contribution in [3.63, 3.8) is 0 Å². The van der Waals surface area contributed by atoms with E-state index in [4.69, 9.17) is 4.74 Å². The number of hydrogen-bond donors (Lipinski definition) is 2. The molecule has 1 saturated heterocycles. The Balaban J connectivity index is 1.62. The predicted octanol–water partition coefficient (Wildman–Crippen LogP) is 3.52. The van der Waals surface area contributed by atoms with Gasteiger partial charge in [0.15, 0.2) is 0 Å². The molecule has 4 rings (SSSR count). The summed E-state index contributed by atoms with van der Waals surface area (Å²) in [4.78, 5) is 18.3. The van der Waals surface area contributed by atoms with Crippen LogP contribution in [-0.2, 0) is 4.79 Å². The Labute approximate surface area is 165 Å². The van der Waals surface area contributed by atoms with Crippen LogP contribution in [0.1, 0.15) is 29.9 Å². The standard InChI is InChI=1S/C23H27N3O2/c1-26-13-5-8-22(26)23(27)25-14-19(16-9-11-17(28-2)12-10-16)20-15-24-21-7-4-3-6-18(20)21/h3-4,6-7,9-12,15,19,22,24H,5,8,13-14H2,1-2H3,(H,25,27)/t19?,22-/m1/s1. The number of likely N-dealkylation sites (tertiary alicyclic amines) is 1.